The molecule has 2 aromatic carbocycles. The topological polar surface area (TPSA) is 105 Å². The number of amides is 1. The van der Waals surface area contributed by atoms with Gasteiger partial charge in [0.25, 0.3) is 5.91 Å². The summed E-state index contributed by atoms with van der Waals surface area (Å²) in [6.45, 7) is 2.48. The standard InChI is InChI=1S/C21H16N6O2S/c1-12-7-18(27-29-12)19(28)23-16-4-2-3-13(8-16)20-25-26-21(30-20)24-17-6-5-14-10-22-11-15(14)9-17/h2-9,11H,10H2,1H3,(H,23,28)(H,24,26). The number of aliphatic imine (C=N–C) groups is 1. The number of carbonyl (C=O) groups excluding carboxylic acids is 1. The lowest BCUT2D eigenvalue weighted by Gasteiger charge is -2.05. The van der Waals surface area contributed by atoms with Crippen LogP contribution in [-0.4, -0.2) is 27.5 Å². The molecule has 9 heteroatoms. The number of fused-ring (bicyclic) bond motifs is 1. The van der Waals surface area contributed by atoms with E-state index in [0.717, 1.165) is 28.4 Å². The summed E-state index contributed by atoms with van der Waals surface area (Å²) in [4.78, 5) is 16.6. The van der Waals surface area contributed by atoms with Crippen molar-refractivity contribution in [3.05, 3.63) is 71.1 Å². The summed E-state index contributed by atoms with van der Waals surface area (Å²) >= 11 is 1.43. The van der Waals surface area contributed by atoms with Gasteiger partial charge in [0.1, 0.15) is 10.8 Å². The Kier molecular flexibility index (Phi) is 4.56. The summed E-state index contributed by atoms with van der Waals surface area (Å²) in [5.41, 5.74) is 5.01. The molecule has 2 N–H and O–H groups in total. The molecular formula is C21H16N6O2S. The second-order valence-corrected chi connectivity index (χ2v) is 7.76. The highest BCUT2D eigenvalue weighted by molar-refractivity contribution is 7.18. The lowest BCUT2D eigenvalue weighted by Crippen LogP contribution is -2.12. The molecule has 148 valence electrons. The van der Waals surface area contributed by atoms with Crippen LogP contribution in [0.3, 0.4) is 0 Å². The molecule has 0 aliphatic carbocycles. The van der Waals surface area contributed by atoms with Gasteiger partial charge in [-0.15, -0.1) is 10.2 Å². The zero-order valence-electron chi connectivity index (χ0n) is 15.9. The summed E-state index contributed by atoms with van der Waals surface area (Å²) in [5.74, 6) is 0.252. The molecule has 0 unspecified atom stereocenters. The first-order valence-electron chi connectivity index (χ1n) is 9.22. The molecule has 8 nitrogen and oxygen atoms in total. The van der Waals surface area contributed by atoms with Crippen molar-refractivity contribution < 1.29 is 9.32 Å². The van der Waals surface area contributed by atoms with Crippen molar-refractivity contribution >= 4 is 40.0 Å². The summed E-state index contributed by atoms with van der Waals surface area (Å²) < 4.78 is 4.95. The van der Waals surface area contributed by atoms with Crippen molar-refractivity contribution in [1.82, 2.24) is 15.4 Å². The molecule has 1 amide bonds. The van der Waals surface area contributed by atoms with Gasteiger partial charge in [0, 0.05) is 29.2 Å². The third kappa shape index (κ3) is 3.70. The lowest BCUT2D eigenvalue weighted by atomic mass is 10.1. The van der Waals surface area contributed by atoms with E-state index in [1.54, 1.807) is 19.1 Å². The minimum atomic E-state index is -0.330. The fraction of sp³-hybridized carbons (Fsp3) is 0.0952. The van der Waals surface area contributed by atoms with Gasteiger partial charge in [-0.3, -0.25) is 9.79 Å². The molecular weight excluding hydrogens is 400 g/mol. The van der Waals surface area contributed by atoms with Gasteiger partial charge < -0.3 is 15.2 Å². The molecule has 0 atom stereocenters. The van der Waals surface area contributed by atoms with E-state index in [1.807, 2.05) is 30.5 Å². The number of carbonyl (C=O) groups is 1. The third-order valence-corrected chi connectivity index (χ3v) is 5.43. The monoisotopic (exact) mass is 416 g/mol. The quantitative estimate of drug-likeness (QED) is 0.499. The van der Waals surface area contributed by atoms with E-state index in [-0.39, 0.29) is 11.6 Å². The van der Waals surface area contributed by atoms with Crippen LogP contribution >= 0.6 is 11.3 Å². The molecule has 4 aromatic rings. The van der Waals surface area contributed by atoms with Crippen LogP contribution in [0.4, 0.5) is 16.5 Å². The second kappa shape index (κ2) is 7.53. The maximum atomic E-state index is 12.3. The molecule has 0 saturated heterocycles. The van der Waals surface area contributed by atoms with Gasteiger partial charge in [-0.2, -0.15) is 0 Å². The van der Waals surface area contributed by atoms with Crippen LogP contribution in [0.5, 0.6) is 0 Å². The van der Waals surface area contributed by atoms with E-state index in [9.17, 15) is 4.79 Å². The first-order valence-corrected chi connectivity index (χ1v) is 10.0. The second-order valence-electron chi connectivity index (χ2n) is 6.78. The van der Waals surface area contributed by atoms with Gasteiger partial charge in [0.05, 0.1) is 6.54 Å². The molecule has 3 heterocycles. The van der Waals surface area contributed by atoms with E-state index in [2.05, 4.69) is 43.1 Å². The summed E-state index contributed by atoms with van der Waals surface area (Å²) in [6, 6.07) is 15.1. The Morgan fingerprint density at radius 3 is 2.90 bits per heavy atom. The van der Waals surface area contributed by atoms with Crippen LogP contribution in [-0.2, 0) is 6.54 Å². The summed E-state index contributed by atoms with van der Waals surface area (Å²) in [6.07, 6.45) is 1.88. The highest BCUT2D eigenvalue weighted by Gasteiger charge is 2.13. The smallest absolute Gasteiger partial charge is 0.277 e. The van der Waals surface area contributed by atoms with Crippen molar-refractivity contribution in [1.29, 1.82) is 0 Å². The number of benzene rings is 2. The normalized spacial score (nSPS) is 12.0. The Hall–Kier alpha value is -3.85. The molecule has 0 radical (unpaired) electrons. The number of rotatable bonds is 5. The van der Waals surface area contributed by atoms with Crippen molar-refractivity contribution in [2.75, 3.05) is 10.6 Å². The summed E-state index contributed by atoms with van der Waals surface area (Å²) in [5, 5.41) is 19.8. The van der Waals surface area contributed by atoms with Crippen molar-refractivity contribution in [3.8, 4) is 10.6 Å². The van der Waals surface area contributed by atoms with Crippen LogP contribution in [0.15, 0.2) is 58.0 Å². The van der Waals surface area contributed by atoms with E-state index in [4.69, 9.17) is 4.52 Å². The van der Waals surface area contributed by atoms with Gasteiger partial charge >= 0.3 is 0 Å². The number of hydrogen-bond donors (Lipinski definition) is 2. The van der Waals surface area contributed by atoms with E-state index in [0.29, 0.717) is 16.6 Å². The Morgan fingerprint density at radius 1 is 1.10 bits per heavy atom. The molecule has 5 rings (SSSR count). The first-order chi connectivity index (χ1) is 14.6. The van der Waals surface area contributed by atoms with Crippen LogP contribution in [0.2, 0.25) is 0 Å². The molecule has 0 spiro atoms. The Bertz CT molecular complexity index is 1280. The van der Waals surface area contributed by atoms with E-state index in [1.165, 1.54) is 16.9 Å². The number of nitrogens with one attached hydrogen (secondary N) is 2. The van der Waals surface area contributed by atoms with Crippen LogP contribution in [0.1, 0.15) is 27.4 Å². The number of hydrogen-bond acceptors (Lipinski definition) is 8. The van der Waals surface area contributed by atoms with E-state index < -0.39 is 0 Å². The average Bonchev–Trinajstić information content (AvgIpc) is 3.49. The van der Waals surface area contributed by atoms with Gasteiger partial charge in [-0.25, -0.2) is 0 Å². The Balaban J connectivity index is 1.32. The maximum Gasteiger partial charge on any atom is 0.277 e. The maximum absolute atomic E-state index is 12.3. The van der Waals surface area contributed by atoms with Gasteiger partial charge in [0.2, 0.25) is 5.13 Å². The molecule has 2 aromatic heterocycles. The molecule has 1 aliphatic rings. The fourth-order valence-corrected chi connectivity index (χ4v) is 3.85. The predicted octanol–water partition coefficient (Wildman–Crippen LogP) is 4.43. The van der Waals surface area contributed by atoms with Crippen molar-refractivity contribution in [2.45, 2.75) is 13.5 Å². The lowest BCUT2D eigenvalue weighted by molar-refractivity contribution is 0.101. The highest BCUT2D eigenvalue weighted by atomic mass is 32.1. The SMILES string of the molecule is Cc1cc(C(=O)Nc2cccc(-c3nnc(Nc4ccc5c(c4)C=NC5)s3)c2)no1. The third-order valence-electron chi connectivity index (χ3n) is 4.54. The minimum Gasteiger partial charge on any atom is -0.361 e. The Morgan fingerprint density at radius 2 is 2.03 bits per heavy atom. The average molecular weight is 416 g/mol. The van der Waals surface area contributed by atoms with Crippen LogP contribution in [0, 0.1) is 6.92 Å². The number of aryl methyl sites for hydroxylation is 1. The largest absolute Gasteiger partial charge is 0.361 e. The van der Waals surface area contributed by atoms with Crippen molar-refractivity contribution in [2.24, 2.45) is 4.99 Å². The van der Waals surface area contributed by atoms with Crippen molar-refractivity contribution in [3.63, 3.8) is 0 Å². The minimum absolute atomic E-state index is 0.236. The number of aromatic nitrogens is 3. The molecule has 0 saturated carbocycles. The molecule has 1 aliphatic heterocycles. The van der Waals surface area contributed by atoms with Crippen LogP contribution < -0.4 is 10.6 Å². The molecule has 30 heavy (non-hydrogen) atoms. The summed E-state index contributed by atoms with van der Waals surface area (Å²) in [7, 11) is 0. The van der Waals surface area contributed by atoms with Gasteiger partial charge in [-0.05, 0) is 42.3 Å². The zero-order chi connectivity index (χ0) is 20.5. The number of anilines is 3. The van der Waals surface area contributed by atoms with Gasteiger partial charge in [0.15, 0.2) is 5.69 Å². The highest BCUT2D eigenvalue weighted by Crippen LogP contribution is 2.30. The number of nitrogens with zero attached hydrogens (tertiary/aromatic N) is 4. The predicted molar refractivity (Wildman–Crippen MR) is 116 cm³/mol. The van der Waals surface area contributed by atoms with Crippen LogP contribution in [0.25, 0.3) is 10.6 Å². The fourth-order valence-electron chi connectivity index (χ4n) is 3.09. The zero-order valence-corrected chi connectivity index (χ0v) is 16.7. The van der Waals surface area contributed by atoms with Gasteiger partial charge in [-0.1, -0.05) is 34.7 Å². The van der Waals surface area contributed by atoms with E-state index >= 15 is 0 Å². The Labute approximate surface area is 175 Å². The molecule has 0 fully saturated rings. The first kappa shape index (κ1) is 18.2. The molecule has 0 bridgehead atoms.